The van der Waals surface area contributed by atoms with Crippen molar-refractivity contribution in [1.82, 2.24) is 4.90 Å². The lowest BCUT2D eigenvalue weighted by molar-refractivity contribution is 0.0513. The summed E-state index contributed by atoms with van der Waals surface area (Å²) < 4.78 is 5.35. The van der Waals surface area contributed by atoms with Crippen LogP contribution in [0.5, 0.6) is 0 Å². The molecule has 0 N–H and O–H groups in total. The van der Waals surface area contributed by atoms with Gasteiger partial charge in [-0.1, -0.05) is 41.5 Å². The normalized spacial score (nSPS) is 18.9. The number of ether oxygens (including phenoxy) is 1. The summed E-state index contributed by atoms with van der Waals surface area (Å²) in [6.45, 7) is 15.2. The lowest BCUT2D eigenvalue weighted by atomic mass is 9.75. The number of rotatable bonds is 1. The van der Waals surface area contributed by atoms with Crippen molar-refractivity contribution in [3.8, 4) is 0 Å². The summed E-state index contributed by atoms with van der Waals surface area (Å²) >= 11 is 0. The fourth-order valence-corrected chi connectivity index (χ4v) is 2.30. The highest BCUT2D eigenvalue weighted by molar-refractivity contribution is 5.67. The molecule has 0 bridgehead atoms. The topological polar surface area (TPSA) is 29.5 Å². The van der Waals surface area contributed by atoms with Crippen molar-refractivity contribution in [3.63, 3.8) is 0 Å². The van der Waals surface area contributed by atoms with Gasteiger partial charge in [0.05, 0.1) is 6.61 Å². The predicted molar refractivity (Wildman–Crippen MR) is 74.6 cm³/mol. The maximum atomic E-state index is 11.9. The fraction of sp³-hybridized carbons (Fsp3) is 0.933. The van der Waals surface area contributed by atoms with Crippen LogP contribution in [0.25, 0.3) is 0 Å². The van der Waals surface area contributed by atoms with E-state index in [1.807, 2.05) is 4.90 Å². The summed E-state index contributed by atoms with van der Waals surface area (Å²) in [6, 6.07) is 0. The monoisotopic (exact) mass is 255 g/mol. The Hall–Kier alpha value is -0.730. The van der Waals surface area contributed by atoms with Crippen LogP contribution in [0.3, 0.4) is 0 Å². The molecule has 0 aromatic heterocycles. The molecule has 0 radical (unpaired) electrons. The molecule has 0 spiro atoms. The van der Waals surface area contributed by atoms with E-state index in [0.717, 1.165) is 25.9 Å². The second kappa shape index (κ2) is 5.50. The minimum absolute atomic E-state index is 0.0411. The SMILES string of the molecule is CC(C)(C)COC(=O)N1CCC(C(C)(C)C)CC1. The Morgan fingerprint density at radius 2 is 1.61 bits per heavy atom. The molecule has 1 fully saturated rings. The average molecular weight is 255 g/mol. The van der Waals surface area contributed by atoms with Crippen molar-refractivity contribution in [1.29, 1.82) is 0 Å². The maximum Gasteiger partial charge on any atom is 0.409 e. The summed E-state index contributed by atoms with van der Waals surface area (Å²) in [6.07, 6.45) is 2.04. The van der Waals surface area contributed by atoms with Gasteiger partial charge in [-0.25, -0.2) is 4.79 Å². The molecule has 1 aliphatic rings. The van der Waals surface area contributed by atoms with E-state index in [1.54, 1.807) is 0 Å². The van der Waals surface area contributed by atoms with Gasteiger partial charge in [0.2, 0.25) is 0 Å². The quantitative estimate of drug-likeness (QED) is 0.710. The Kier molecular flexibility index (Phi) is 4.68. The molecule has 106 valence electrons. The van der Waals surface area contributed by atoms with Crippen LogP contribution in [0.2, 0.25) is 0 Å². The van der Waals surface area contributed by atoms with Crippen LogP contribution < -0.4 is 0 Å². The summed E-state index contributed by atoms with van der Waals surface area (Å²) in [4.78, 5) is 13.8. The number of hydrogen-bond acceptors (Lipinski definition) is 2. The lowest BCUT2D eigenvalue weighted by Gasteiger charge is -2.38. The van der Waals surface area contributed by atoms with Gasteiger partial charge >= 0.3 is 6.09 Å². The molecule has 3 nitrogen and oxygen atoms in total. The van der Waals surface area contributed by atoms with Crippen molar-refractivity contribution in [2.75, 3.05) is 19.7 Å². The summed E-state index contributed by atoms with van der Waals surface area (Å²) in [5, 5.41) is 0. The van der Waals surface area contributed by atoms with Crippen molar-refractivity contribution >= 4 is 6.09 Å². The minimum Gasteiger partial charge on any atom is -0.449 e. The highest BCUT2D eigenvalue weighted by atomic mass is 16.6. The number of amides is 1. The van der Waals surface area contributed by atoms with E-state index in [1.165, 1.54) is 0 Å². The summed E-state index contributed by atoms with van der Waals surface area (Å²) in [5.74, 6) is 0.712. The van der Waals surface area contributed by atoms with Gasteiger partial charge in [-0.3, -0.25) is 0 Å². The number of hydrogen-bond donors (Lipinski definition) is 0. The van der Waals surface area contributed by atoms with Crippen LogP contribution in [-0.4, -0.2) is 30.7 Å². The zero-order valence-corrected chi connectivity index (χ0v) is 12.9. The molecular formula is C15H29NO2. The van der Waals surface area contributed by atoms with E-state index in [9.17, 15) is 4.79 Å². The standard InChI is InChI=1S/C15H29NO2/c1-14(2,3)11-18-13(17)16-9-7-12(8-10-16)15(4,5)6/h12H,7-11H2,1-6H3. The van der Waals surface area contributed by atoms with Gasteiger partial charge < -0.3 is 9.64 Å². The molecule has 0 unspecified atom stereocenters. The molecular weight excluding hydrogens is 226 g/mol. The van der Waals surface area contributed by atoms with Gasteiger partial charge in [0.15, 0.2) is 0 Å². The van der Waals surface area contributed by atoms with Crippen LogP contribution in [0.1, 0.15) is 54.4 Å². The molecule has 1 aliphatic heterocycles. The third-order valence-corrected chi connectivity index (χ3v) is 3.61. The molecule has 18 heavy (non-hydrogen) atoms. The van der Waals surface area contributed by atoms with Crippen molar-refractivity contribution in [2.24, 2.45) is 16.7 Å². The number of carbonyl (C=O) groups is 1. The van der Waals surface area contributed by atoms with Gasteiger partial charge in [0.1, 0.15) is 0 Å². The Balaban J connectivity index is 2.37. The summed E-state index contributed by atoms with van der Waals surface area (Å²) in [7, 11) is 0. The Bertz CT molecular complexity index is 278. The summed E-state index contributed by atoms with van der Waals surface area (Å²) in [5.41, 5.74) is 0.390. The first kappa shape index (κ1) is 15.3. The Morgan fingerprint density at radius 1 is 1.11 bits per heavy atom. The highest BCUT2D eigenvalue weighted by Gasteiger charge is 2.31. The fourth-order valence-electron chi connectivity index (χ4n) is 2.30. The highest BCUT2D eigenvalue weighted by Crippen LogP contribution is 2.34. The van der Waals surface area contributed by atoms with Crippen LogP contribution in [-0.2, 0) is 4.74 Å². The molecule has 1 rings (SSSR count). The van der Waals surface area contributed by atoms with E-state index in [4.69, 9.17) is 4.74 Å². The van der Waals surface area contributed by atoms with Gasteiger partial charge in [-0.15, -0.1) is 0 Å². The molecule has 3 heteroatoms. The first-order valence-electron chi connectivity index (χ1n) is 7.01. The molecule has 0 atom stereocenters. The van der Waals surface area contributed by atoms with E-state index in [-0.39, 0.29) is 11.5 Å². The molecule has 0 aromatic rings. The van der Waals surface area contributed by atoms with E-state index in [0.29, 0.717) is 17.9 Å². The van der Waals surface area contributed by atoms with Gasteiger partial charge in [-0.05, 0) is 29.6 Å². The van der Waals surface area contributed by atoms with E-state index in [2.05, 4.69) is 41.5 Å². The zero-order chi connectivity index (χ0) is 14.0. The molecule has 1 amide bonds. The molecule has 0 aromatic carbocycles. The first-order valence-corrected chi connectivity index (χ1v) is 7.01. The smallest absolute Gasteiger partial charge is 0.409 e. The third-order valence-electron chi connectivity index (χ3n) is 3.61. The second-order valence-electron chi connectivity index (χ2n) is 7.74. The van der Waals surface area contributed by atoms with Crippen LogP contribution in [0.4, 0.5) is 4.79 Å². The zero-order valence-electron chi connectivity index (χ0n) is 12.9. The van der Waals surface area contributed by atoms with Crippen molar-refractivity contribution < 1.29 is 9.53 Å². The van der Waals surface area contributed by atoms with Crippen LogP contribution in [0, 0.1) is 16.7 Å². The molecule has 0 aliphatic carbocycles. The Morgan fingerprint density at radius 3 is 2.00 bits per heavy atom. The van der Waals surface area contributed by atoms with Crippen molar-refractivity contribution in [2.45, 2.75) is 54.4 Å². The third kappa shape index (κ3) is 4.87. The number of carbonyl (C=O) groups excluding carboxylic acids is 1. The van der Waals surface area contributed by atoms with E-state index < -0.39 is 0 Å². The van der Waals surface area contributed by atoms with Gasteiger partial charge in [0.25, 0.3) is 0 Å². The van der Waals surface area contributed by atoms with Crippen LogP contribution in [0.15, 0.2) is 0 Å². The van der Waals surface area contributed by atoms with Gasteiger partial charge in [-0.2, -0.15) is 0 Å². The average Bonchev–Trinajstić information content (AvgIpc) is 2.24. The van der Waals surface area contributed by atoms with E-state index >= 15 is 0 Å². The Labute approximate surface area is 112 Å². The molecule has 1 saturated heterocycles. The maximum absolute atomic E-state index is 11.9. The number of nitrogens with zero attached hydrogens (tertiary/aromatic N) is 1. The number of piperidine rings is 1. The van der Waals surface area contributed by atoms with Crippen LogP contribution >= 0.6 is 0 Å². The minimum atomic E-state index is -0.141. The first-order chi connectivity index (χ1) is 8.09. The number of likely N-dealkylation sites (tertiary alicyclic amines) is 1. The second-order valence-corrected chi connectivity index (χ2v) is 7.74. The largest absolute Gasteiger partial charge is 0.449 e. The lowest BCUT2D eigenvalue weighted by Crippen LogP contribution is -2.42. The molecule has 1 heterocycles. The van der Waals surface area contributed by atoms with Gasteiger partial charge in [0, 0.05) is 13.1 Å². The predicted octanol–water partition coefficient (Wildman–Crippen LogP) is 3.93. The van der Waals surface area contributed by atoms with Crippen molar-refractivity contribution in [3.05, 3.63) is 0 Å². The molecule has 0 saturated carbocycles.